The standard InChI is InChI=1S/C13H19FN2O/c1-10(15)8-11-2-3-12(9-13(11)14)16-4-6-17-7-5-16/h2-3,9-10H,4-8,15H2,1H3. The van der Waals surface area contributed by atoms with Crippen LogP contribution in [-0.2, 0) is 11.2 Å². The fourth-order valence-corrected chi connectivity index (χ4v) is 2.07. The van der Waals surface area contributed by atoms with Crippen molar-refractivity contribution in [3.63, 3.8) is 0 Å². The fraction of sp³-hybridized carbons (Fsp3) is 0.538. The van der Waals surface area contributed by atoms with Crippen LogP contribution in [0.2, 0.25) is 0 Å². The molecule has 2 rings (SSSR count). The summed E-state index contributed by atoms with van der Waals surface area (Å²) in [5.74, 6) is -0.161. The van der Waals surface area contributed by atoms with Gasteiger partial charge in [0, 0.05) is 24.8 Å². The molecule has 4 heteroatoms. The van der Waals surface area contributed by atoms with Gasteiger partial charge in [0.05, 0.1) is 13.2 Å². The summed E-state index contributed by atoms with van der Waals surface area (Å²) >= 11 is 0. The highest BCUT2D eigenvalue weighted by Crippen LogP contribution is 2.20. The normalized spacial score (nSPS) is 18.2. The van der Waals surface area contributed by atoms with Crippen LogP contribution in [0.3, 0.4) is 0 Å². The highest BCUT2D eigenvalue weighted by atomic mass is 19.1. The Balaban J connectivity index is 2.12. The largest absolute Gasteiger partial charge is 0.378 e. The number of ether oxygens (including phenoxy) is 1. The molecule has 94 valence electrons. The molecule has 3 nitrogen and oxygen atoms in total. The van der Waals surface area contributed by atoms with Crippen molar-refractivity contribution >= 4 is 5.69 Å². The van der Waals surface area contributed by atoms with Crippen LogP contribution in [-0.4, -0.2) is 32.3 Å². The van der Waals surface area contributed by atoms with Crippen molar-refractivity contribution in [2.45, 2.75) is 19.4 Å². The molecular formula is C13H19FN2O. The molecule has 2 N–H and O–H groups in total. The molecule has 0 bridgehead atoms. The van der Waals surface area contributed by atoms with Crippen molar-refractivity contribution in [1.29, 1.82) is 0 Å². The predicted molar refractivity (Wildman–Crippen MR) is 66.8 cm³/mol. The average Bonchev–Trinajstić information content (AvgIpc) is 2.32. The van der Waals surface area contributed by atoms with Crippen LogP contribution in [0, 0.1) is 5.82 Å². The number of morpholine rings is 1. The van der Waals surface area contributed by atoms with Crippen molar-refractivity contribution in [2.24, 2.45) is 5.73 Å². The van der Waals surface area contributed by atoms with E-state index in [0.717, 1.165) is 18.8 Å². The molecule has 1 aliphatic rings. The van der Waals surface area contributed by atoms with Crippen LogP contribution in [0.15, 0.2) is 18.2 Å². The van der Waals surface area contributed by atoms with Gasteiger partial charge in [-0.05, 0) is 31.0 Å². The number of rotatable bonds is 3. The fourth-order valence-electron chi connectivity index (χ4n) is 2.07. The average molecular weight is 238 g/mol. The first-order valence-electron chi connectivity index (χ1n) is 6.03. The third kappa shape index (κ3) is 3.17. The lowest BCUT2D eigenvalue weighted by Crippen LogP contribution is -2.36. The molecule has 0 radical (unpaired) electrons. The molecule has 1 fully saturated rings. The molecule has 1 atom stereocenters. The summed E-state index contributed by atoms with van der Waals surface area (Å²) in [4.78, 5) is 2.14. The van der Waals surface area contributed by atoms with E-state index < -0.39 is 0 Å². The van der Waals surface area contributed by atoms with Crippen LogP contribution in [0.1, 0.15) is 12.5 Å². The molecule has 1 aromatic rings. The van der Waals surface area contributed by atoms with E-state index in [1.807, 2.05) is 19.1 Å². The van der Waals surface area contributed by atoms with Gasteiger partial charge in [0.15, 0.2) is 0 Å². The molecule has 0 spiro atoms. The Morgan fingerprint density at radius 3 is 2.71 bits per heavy atom. The second-order valence-electron chi connectivity index (χ2n) is 4.56. The highest BCUT2D eigenvalue weighted by Gasteiger charge is 2.13. The van der Waals surface area contributed by atoms with Crippen LogP contribution in [0.5, 0.6) is 0 Å². The molecule has 0 aromatic heterocycles. The molecule has 1 aliphatic heterocycles. The molecule has 0 aliphatic carbocycles. The first-order chi connectivity index (χ1) is 8.16. The van der Waals surface area contributed by atoms with E-state index in [0.29, 0.717) is 25.2 Å². The van der Waals surface area contributed by atoms with E-state index in [1.54, 1.807) is 6.07 Å². The number of anilines is 1. The van der Waals surface area contributed by atoms with Crippen molar-refractivity contribution in [3.8, 4) is 0 Å². The van der Waals surface area contributed by atoms with Crippen LogP contribution < -0.4 is 10.6 Å². The summed E-state index contributed by atoms with van der Waals surface area (Å²) in [6, 6.07) is 5.39. The van der Waals surface area contributed by atoms with E-state index in [-0.39, 0.29) is 11.9 Å². The van der Waals surface area contributed by atoms with Gasteiger partial charge in [-0.25, -0.2) is 4.39 Å². The third-order valence-electron chi connectivity index (χ3n) is 2.95. The molecule has 1 saturated heterocycles. The summed E-state index contributed by atoms with van der Waals surface area (Å²) < 4.78 is 19.1. The van der Waals surface area contributed by atoms with Gasteiger partial charge in [0.1, 0.15) is 5.82 Å². The number of benzene rings is 1. The zero-order valence-corrected chi connectivity index (χ0v) is 10.2. The number of hydrogen-bond donors (Lipinski definition) is 1. The minimum absolute atomic E-state index is 0.0151. The van der Waals surface area contributed by atoms with Gasteiger partial charge in [0.2, 0.25) is 0 Å². The first kappa shape index (κ1) is 12.3. The zero-order chi connectivity index (χ0) is 12.3. The second-order valence-corrected chi connectivity index (χ2v) is 4.56. The summed E-state index contributed by atoms with van der Waals surface area (Å²) in [5.41, 5.74) is 7.30. The lowest BCUT2D eigenvalue weighted by Gasteiger charge is -2.29. The summed E-state index contributed by atoms with van der Waals surface area (Å²) in [6.07, 6.45) is 0.579. The number of nitrogens with two attached hydrogens (primary N) is 1. The van der Waals surface area contributed by atoms with Gasteiger partial charge in [0.25, 0.3) is 0 Å². The van der Waals surface area contributed by atoms with Gasteiger partial charge in [-0.2, -0.15) is 0 Å². The lowest BCUT2D eigenvalue weighted by molar-refractivity contribution is 0.122. The summed E-state index contributed by atoms with van der Waals surface area (Å²) in [7, 11) is 0. The molecule has 1 aromatic carbocycles. The summed E-state index contributed by atoms with van der Waals surface area (Å²) in [6.45, 7) is 4.96. The van der Waals surface area contributed by atoms with Crippen LogP contribution >= 0.6 is 0 Å². The smallest absolute Gasteiger partial charge is 0.128 e. The van der Waals surface area contributed by atoms with Crippen molar-refractivity contribution in [3.05, 3.63) is 29.6 Å². The maximum absolute atomic E-state index is 13.9. The maximum Gasteiger partial charge on any atom is 0.128 e. The van der Waals surface area contributed by atoms with Gasteiger partial charge < -0.3 is 15.4 Å². The number of nitrogens with zero attached hydrogens (tertiary/aromatic N) is 1. The first-order valence-corrected chi connectivity index (χ1v) is 6.03. The Bertz CT molecular complexity index is 376. The molecule has 1 heterocycles. The molecule has 17 heavy (non-hydrogen) atoms. The van der Waals surface area contributed by atoms with Crippen molar-refractivity contribution in [1.82, 2.24) is 0 Å². The molecule has 0 amide bonds. The van der Waals surface area contributed by atoms with E-state index in [1.165, 1.54) is 0 Å². The van der Waals surface area contributed by atoms with Gasteiger partial charge >= 0.3 is 0 Å². The summed E-state index contributed by atoms with van der Waals surface area (Å²) in [5, 5.41) is 0. The Labute approximate surface area is 101 Å². The molecular weight excluding hydrogens is 219 g/mol. The Kier molecular flexibility index (Phi) is 3.97. The Morgan fingerprint density at radius 1 is 1.41 bits per heavy atom. The zero-order valence-electron chi connectivity index (χ0n) is 10.2. The molecule has 1 unspecified atom stereocenters. The van der Waals surface area contributed by atoms with E-state index in [2.05, 4.69) is 4.90 Å². The lowest BCUT2D eigenvalue weighted by atomic mass is 10.1. The highest BCUT2D eigenvalue weighted by molar-refractivity contribution is 5.48. The van der Waals surface area contributed by atoms with Gasteiger partial charge in [-0.3, -0.25) is 0 Å². The molecule has 0 saturated carbocycles. The quantitative estimate of drug-likeness (QED) is 0.868. The number of halogens is 1. The van der Waals surface area contributed by atoms with Crippen molar-refractivity contribution in [2.75, 3.05) is 31.2 Å². The van der Waals surface area contributed by atoms with E-state index in [9.17, 15) is 4.39 Å². The third-order valence-corrected chi connectivity index (χ3v) is 2.95. The topological polar surface area (TPSA) is 38.5 Å². The number of hydrogen-bond acceptors (Lipinski definition) is 3. The monoisotopic (exact) mass is 238 g/mol. The van der Waals surface area contributed by atoms with Gasteiger partial charge in [-0.1, -0.05) is 6.07 Å². The Morgan fingerprint density at radius 2 is 2.12 bits per heavy atom. The van der Waals surface area contributed by atoms with Gasteiger partial charge in [-0.15, -0.1) is 0 Å². The minimum Gasteiger partial charge on any atom is -0.378 e. The maximum atomic E-state index is 13.9. The Hall–Kier alpha value is -1.13. The van der Waals surface area contributed by atoms with Crippen LogP contribution in [0.25, 0.3) is 0 Å². The van der Waals surface area contributed by atoms with Crippen molar-refractivity contribution < 1.29 is 9.13 Å². The SMILES string of the molecule is CC(N)Cc1ccc(N2CCOCC2)cc1F. The van der Waals surface area contributed by atoms with Crippen LogP contribution in [0.4, 0.5) is 10.1 Å². The second kappa shape index (κ2) is 5.47. The minimum atomic E-state index is -0.161. The van der Waals surface area contributed by atoms with E-state index >= 15 is 0 Å². The van der Waals surface area contributed by atoms with E-state index in [4.69, 9.17) is 10.5 Å². The predicted octanol–water partition coefficient (Wildman–Crippen LogP) is 1.55.